The van der Waals surface area contributed by atoms with Crippen molar-refractivity contribution in [2.45, 2.75) is 58.0 Å². The first kappa shape index (κ1) is 20.3. The normalized spacial score (nSPS) is 18.3. The van der Waals surface area contributed by atoms with E-state index in [2.05, 4.69) is 4.98 Å². The number of aryl methyl sites for hydroxylation is 2. The van der Waals surface area contributed by atoms with Crippen molar-refractivity contribution in [2.24, 2.45) is 5.73 Å². The van der Waals surface area contributed by atoms with Crippen LogP contribution in [0, 0.1) is 12.7 Å². The number of esters is 1. The quantitative estimate of drug-likeness (QED) is 0.606. The van der Waals surface area contributed by atoms with Crippen molar-refractivity contribution in [1.82, 2.24) is 9.55 Å². The summed E-state index contributed by atoms with van der Waals surface area (Å²) in [5.74, 6) is -1.22. The first-order chi connectivity index (χ1) is 14.9. The predicted molar refractivity (Wildman–Crippen MR) is 118 cm³/mol. The van der Waals surface area contributed by atoms with Crippen molar-refractivity contribution in [2.75, 3.05) is 6.61 Å². The summed E-state index contributed by atoms with van der Waals surface area (Å²) >= 11 is 1.53. The minimum absolute atomic E-state index is 0.0323. The summed E-state index contributed by atoms with van der Waals surface area (Å²) in [7, 11) is 0. The van der Waals surface area contributed by atoms with E-state index in [9.17, 15) is 9.59 Å². The summed E-state index contributed by atoms with van der Waals surface area (Å²) in [6.07, 6.45) is 6.28. The molecule has 2 N–H and O–H groups in total. The van der Waals surface area contributed by atoms with Crippen LogP contribution in [0.3, 0.4) is 0 Å². The Balaban J connectivity index is 1.76. The third-order valence-electron chi connectivity index (χ3n) is 6.17. The van der Waals surface area contributed by atoms with Gasteiger partial charge in [-0.25, -0.2) is 14.2 Å². The number of aromatic nitrogens is 2. The first-order valence-electron chi connectivity index (χ1n) is 10.7. The minimum atomic E-state index is -0.687. The van der Waals surface area contributed by atoms with Crippen molar-refractivity contribution in [3.8, 4) is 10.6 Å². The third-order valence-corrected chi connectivity index (χ3v) is 7.38. The van der Waals surface area contributed by atoms with E-state index in [1.807, 2.05) is 10.6 Å². The van der Waals surface area contributed by atoms with Crippen molar-refractivity contribution in [3.05, 3.63) is 49.9 Å². The molecule has 1 atom stereocenters. The Kier molecular flexibility index (Phi) is 4.94. The average molecular weight is 442 g/mol. The van der Waals surface area contributed by atoms with Crippen LogP contribution in [-0.4, -0.2) is 22.1 Å². The van der Waals surface area contributed by atoms with Crippen molar-refractivity contribution in [3.63, 3.8) is 0 Å². The molecular formula is C23H24FN3O3S. The molecule has 8 heteroatoms. The molecule has 0 bridgehead atoms. The number of halogens is 1. The number of hydrogen-bond donors (Lipinski definition) is 1. The third kappa shape index (κ3) is 3.29. The van der Waals surface area contributed by atoms with Gasteiger partial charge in [0.25, 0.3) is 0 Å². The van der Waals surface area contributed by atoms with Gasteiger partial charge >= 0.3 is 5.97 Å². The summed E-state index contributed by atoms with van der Waals surface area (Å²) in [5, 5.41) is 0.150. The predicted octanol–water partition coefficient (Wildman–Crippen LogP) is 4.42. The molecule has 0 radical (unpaired) electrons. The summed E-state index contributed by atoms with van der Waals surface area (Å²) in [6.45, 7) is 3.43. The maximum Gasteiger partial charge on any atom is 0.343 e. The molecule has 0 saturated heterocycles. The summed E-state index contributed by atoms with van der Waals surface area (Å²) in [4.78, 5) is 32.1. The summed E-state index contributed by atoms with van der Waals surface area (Å²) in [6, 6.07) is 2.06. The fourth-order valence-corrected chi connectivity index (χ4v) is 5.63. The van der Waals surface area contributed by atoms with Crippen molar-refractivity contribution in [1.29, 1.82) is 0 Å². The Hall–Kier alpha value is -2.58. The van der Waals surface area contributed by atoms with Crippen LogP contribution in [0.25, 0.3) is 21.6 Å². The monoisotopic (exact) mass is 441 g/mol. The fraction of sp³-hybridized carbons (Fsp3) is 0.435. The number of hydrogen-bond acceptors (Lipinski definition) is 6. The smallest absolute Gasteiger partial charge is 0.343 e. The van der Waals surface area contributed by atoms with Crippen LogP contribution < -0.4 is 11.2 Å². The Morgan fingerprint density at radius 2 is 2.16 bits per heavy atom. The number of fused-ring (bicyclic) bond motifs is 2. The molecule has 0 aromatic carbocycles. The van der Waals surface area contributed by atoms with Crippen LogP contribution in [-0.2, 0) is 11.2 Å². The van der Waals surface area contributed by atoms with Crippen molar-refractivity contribution < 1.29 is 13.9 Å². The van der Waals surface area contributed by atoms with E-state index in [0.717, 1.165) is 42.5 Å². The Bertz CT molecular complexity index is 1280. The van der Waals surface area contributed by atoms with Gasteiger partial charge in [0.2, 0.25) is 5.43 Å². The number of carbonyl (C=O) groups excluding carboxylic acids is 1. The van der Waals surface area contributed by atoms with Gasteiger partial charge in [-0.05, 0) is 57.6 Å². The van der Waals surface area contributed by atoms with Gasteiger partial charge in [0.05, 0.1) is 16.9 Å². The highest BCUT2D eigenvalue weighted by Crippen LogP contribution is 2.41. The molecule has 1 unspecified atom stereocenters. The van der Waals surface area contributed by atoms with Gasteiger partial charge in [0.1, 0.15) is 16.9 Å². The minimum Gasteiger partial charge on any atom is -0.462 e. The molecule has 2 aliphatic rings. The number of nitrogens with zero attached hydrogens (tertiary/aromatic N) is 2. The molecular weight excluding hydrogens is 417 g/mol. The highest BCUT2D eigenvalue weighted by Gasteiger charge is 2.30. The molecule has 1 saturated carbocycles. The van der Waals surface area contributed by atoms with Crippen LogP contribution in [0.15, 0.2) is 17.1 Å². The SMILES string of the molecule is CCOC(=O)c1cn(C2CC2)c2nc(-c3cc4c(s3)CCCC4N)c(F)c(C)c2c1=O. The molecule has 6 nitrogen and oxygen atoms in total. The van der Waals surface area contributed by atoms with Gasteiger partial charge in [-0.15, -0.1) is 11.3 Å². The van der Waals surface area contributed by atoms with Gasteiger partial charge in [0, 0.05) is 28.7 Å². The van der Waals surface area contributed by atoms with E-state index in [4.69, 9.17) is 10.5 Å². The zero-order valence-corrected chi connectivity index (χ0v) is 18.4. The van der Waals surface area contributed by atoms with E-state index >= 15 is 4.39 Å². The second-order valence-corrected chi connectivity index (χ2v) is 9.45. The summed E-state index contributed by atoms with van der Waals surface area (Å²) in [5.41, 5.74) is 7.60. The molecule has 3 aromatic heterocycles. The molecule has 0 amide bonds. The van der Waals surface area contributed by atoms with E-state index in [-0.39, 0.29) is 40.9 Å². The Morgan fingerprint density at radius 3 is 2.84 bits per heavy atom. The van der Waals surface area contributed by atoms with E-state index in [0.29, 0.717) is 5.65 Å². The second-order valence-electron chi connectivity index (χ2n) is 8.32. The fourth-order valence-electron chi connectivity index (χ4n) is 4.37. The van der Waals surface area contributed by atoms with Crippen LogP contribution in [0.2, 0.25) is 0 Å². The first-order valence-corrected chi connectivity index (χ1v) is 11.5. The molecule has 2 aliphatic carbocycles. The van der Waals surface area contributed by atoms with E-state index in [1.54, 1.807) is 13.8 Å². The second kappa shape index (κ2) is 7.53. The number of nitrogens with two attached hydrogens (primary N) is 1. The van der Waals surface area contributed by atoms with Gasteiger partial charge in [-0.1, -0.05) is 0 Å². The lowest BCUT2D eigenvalue weighted by atomic mass is 9.94. The number of carbonyl (C=O) groups is 1. The maximum absolute atomic E-state index is 15.5. The lowest BCUT2D eigenvalue weighted by molar-refractivity contribution is 0.0524. The zero-order chi connectivity index (χ0) is 21.9. The highest BCUT2D eigenvalue weighted by molar-refractivity contribution is 7.15. The van der Waals surface area contributed by atoms with Gasteiger partial charge < -0.3 is 15.0 Å². The van der Waals surface area contributed by atoms with E-state index in [1.165, 1.54) is 22.4 Å². The molecule has 1 fully saturated rings. The molecule has 0 aliphatic heterocycles. The standard InChI is InChI=1S/C23H24FN3O3S/c1-3-30-23(29)14-10-27(12-7-8-12)22-18(21(14)28)11(2)19(24)20(26-22)17-9-13-15(25)5-4-6-16(13)31-17/h9-10,12,15H,3-8,25H2,1-2H3. The highest BCUT2D eigenvalue weighted by atomic mass is 32.1. The number of ether oxygens (including phenoxy) is 1. The summed E-state index contributed by atoms with van der Waals surface area (Å²) < 4.78 is 22.4. The molecule has 162 valence electrons. The Labute approximate surface area is 182 Å². The molecule has 5 rings (SSSR count). The molecule has 0 spiro atoms. The topological polar surface area (TPSA) is 87.2 Å². The largest absolute Gasteiger partial charge is 0.462 e. The average Bonchev–Trinajstić information content (AvgIpc) is 3.49. The zero-order valence-electron chi connectivity index (χ0n) is 17.5. The van der Waals surface area contributed by atoms with Crippen LogP contribution >= 0.6 is 11.3 Å². The van der Waals surface area contributed by atoms with Gasteiger partial charge in [-0.2, -0.15) is 0 Å². The lowest BCUT2D eigenvalue weighted by Crippen LogP contribution is -2.22. The molecule has 3 heterocycles. The van der Waals surface area contributed by atoms with Gasteiger partial charge in [-0.3, -0.25) is 4.79 Å². The van der Waals surface area contributed by atoms with Crippen molar-refractivity contribution >= 4 is 28.3 Å². The Morgan fingerprint density at radius 1 is 1.39 bits per heavy atom. The maximum atomic E-state index is 15.5. The number of pyridine rings is 2. The lowest BCUT2D eigenvalue weighted by Gasteiger charge is -2.17. The van der Waals surface area contributed by atoms with Crippen LogP contribution in [0.1, 0.15) is 71.1 Å². The number of rotatable bonds is 4. The number of thiophene rings is 1. The van der Waals surface area contributed by atoms with Gasteiger partial charge in [0.15, 0.2) is 5.82 Å². The van der Waals surface area contributed by atoms with Crippen LogP contribution in [0.4, 0.5) is 4.39 Å². The molecule has 31 heavy (non-hydrogen) atoms. The van der Waals surface area contributed by atoms with Crippen LogP contribution in [0.5, 0.6) is 0 Å². The molecule has 3 aromatic rings. The van der Waals surface area contributed by atoms with E-state index < -0.39 is 17.2 Å².